The molecule has 0 aliphatic carbocycles. The van der Waals surface area contributed by atoms with Crippen molar-refractivity contribution in [1.29, 1.82) is 0 Å². The summed E-state index contributed by atoms with van der Waals surface area (Å²) in [5, 5.41) is 3.52. The van der Waals surface area contributed by atoms with Crippen molar-refractivity contribution in [1.82, 2.24) is 15.1 Å². The summed E-state index contributed by atoms with van der Waals surface area (Å²) in [5.74, 6) is 0.627. The molecule has 1 unspecified atom stereocenters. The SMILES string of the molecule is CN(C)CCN(C)CC1CNCc2ccccc21. The molecule has 1 aromatic rings. The Morgan fingerprint density at radius 1 is 1.17 bits per heavy atom. The lowest BCUT2D eigenvalue weighted by Gasteiger charge is -2.30. The first-order valence-electron chi connectivity index (χ1n) is 6.78. The highest BCUT2D eigenvalue weighted by Gasteiger charge is 2.20. The molecule has 0 bridgehead atoms. The molecule has 1 N–H and O–H groups in total. The summed E-state index contributed by atoms with van der Waals surface area (Å²) in [6.07, 6.45) is 0. The lowest BCUT2D eigenvalue weighted by atomic mass is 9.90. The molecule has 0 fully saturated rings. The van der Waals surface area contributed by atoms with E-state index in [1.807, 2.05) is 0 Å². The second-order valence-electron chi connectivity index (χ2n) is 5.59. The van der Waals surface area contributed by atoms with E-state index in [1.165, 1.54) is 11.1 Å². The van der Waals surface area contributed by atoms with Crippen LogP contribution in [-0.2, 0) is 6.54 Å². The largest absolute Gasteiger partial charge is 0.312 e. The van der Waals surface area contributed by atoms with Crippen LogP contribution < -0.4 is 5.32 Å². The quantitative estimate of drug-likeness (QED) is 0.848. The summed E-state index contributed by atoms with van der Waals surface area (Å²) < 4.78 is 0. The minimum Gasteiger partial charge on any atom is -0.312 e. The minimum atomic E-state index is 0.627. The molecule has 1 aliphatic heterocycles. The van der Waals surface area contributed by atoms with Crippen LogP contribution in [0.4, 0.5) is 0 Å². The summed E-state index contributed by atoms with van der Waals surface area (Å²) >= 11 is 0. The first kappa shape index (κ1) is 13.5. The number of hydrogen-bond acceptors (Lipinski definition) is 3. The Balaban J connectivity index is 1.94. The van der Waals surface area contributed by atoms with Gasteiger partial charge in [-0.2, -0.15) is 0 Å². The fourth-order valence-electron chi connectivity index (χ4n) is 2.59. The van der Waals surface area contributed by atoms with E-state index in [1.54, 1.807) is 0 Å². The van der Waals surface area contributed by atoms with Crippen molar-refractivity contribution in [3.8, 4) is 0 Å². The fraction of sp³-hybridized carbons (Fsp3) is 0.600. The number of nitrogens with zero attached hydrogens (tertiary/aromatic N) is 2. The van der Waals surface area contributed by atoms with Crippen molar-refractivity contribution in [3.05, 3.63) is 35.4 Å². The number of benzene rings is 1. The molecule has 0 aromatic heterocycles. The molecule has 2 rings (SSSR count). The van der Waals surface area contributed by atoms with Crippen molar-refractivity contribution >= 4 is 0 Å². The van der Waals surface area contributed by atoms with E-state index in [2.05, 4.69) is 60.5 Å². The molecule has 0 spiro atoms. The van der Waals surface area contributed by atoms with Crippen molar-refractivity contribution in [2.75, 3.05) is 47.3 Å². The van der Waals surface area contributed by atoms with E-state index >= 15 is 0 Å². The molecule has 0 radical (unpaired) electrons. The van der Waals surface area contributed by atoms with Crippen LogP contribution in [0, 0.1) is 0 Å². The highest BCUT2D eigenvalue weighted by atomic mass is 15.2. The van der Waals surface area contributed by atoms with Gasteiger partial charge in [-0.15, -0.1) is 0 Å². The summed E-state index contributed by atoms with van der Waals surface area (Å²) in [5.41, 5.74) is 3.00. The van der Waals surface area contributed by atoms with Crippen LogP contribution in [0.5, 0.6) is 0 Å². The van der Waals surface area contributed by atoms with Crippen LogP contribution in [-0.4, -0.2) is 57.1 Å². The van der Waals surface area contributed by atoms with E-state index in [0.29, 0.717) is 5.92 Å². The molecule has 0 amide bonds. The third kappa shape index (κ3) is 3.55. The minimum absolute atomic E-state index is 0.627. The normalized spacial score (nSPS) is 19.3. The van der Waals surface area contributed by atoms with Gasteiger partial charge in [-0.05, 0) is 32.3 Å². The maximum atomic E-state index is 3.52. The van der Waals surface area contributed by atoms with Gasteiger partial charge in [0.1, 0.15) is 0 Å². The monoisotopic (exact) mass is 247 g/mol. The Bertz CT molecular complexity index is 376. The zero-order valence-corrected chi connectivity index (χ0v) is 11.8. The average molecular weight is 247 g/mol. The molecule has 100 valence electrons. The zero-order valence-electron chi connectivity index (χ0n) is 11.8. The van der Waals surface area contributed by atoms with Crippen LogP contribution in [0.15, 0.2) is 24.3 Å². The van der Waals surface area contributed by atoms with Gasteiger partial charge in [0.25, 0.3) is 0 Å². The number of rotatable bonds is 5. The predicted octanol–water partition coefficient (Wildman–Crippen LogP) is 1.37. The van der Waals surface area contributed by atoms with Crippen LogP contribution >= 0.6 is 0 Å². The van der Waals surface area contributed by atoms with Gasteiger partial charge in [-0.25, -0.2) is 0 Å². The smallest absolute Gasteiger partial charge is 0.0208 e. The average Bonchev–Trinajstić information content (AvgIpc) is 2.37. The third-order valence-corrected chi connectivity index (χ3v) is 3.66. The van der Waals surface area contributed by atoms with Crippen LogP contribution in [0.1, 0.15) is 17.0 Å². The van der Waals surface area contributed by atoms with Gasteiger partial charge in [-0.3, -0.25) is 0 Å². The number of hydrogen-bond donors (Lipinski definition) is 1. The highest BCUT2D eigenvalue weighted by molar-refractivity contribution is 5.32. The number of nitrogens with one attached hydrogen (secondary N) is 1. The molecule has 0 saturated carbocycles. The van der Waals surface area contributed by atoms with E-state index in [0.717, 1.165) is 32.7 Å². The van der Waals surface area contributed by atoms with Gasteiger partial charge in [-0.1, -0.05) is 24.3 Å². The van der Waals surface area contributed by atoms with Crippen LogP contribution in [0.2, 0.25) is 0 Å². The standard InChI is InChI=1S/C15H25N3/c1-17(2)8-9-18(3)12-14-11-16-10-13-6-4-5-7-15(13)14/h4-7,14,16H,8-12H2,1-3H3. The lowest BCUT2D eigenvalue weighted by Crippen LogP contribution is -2.37. The highest BCUT2D eigenvalue weighted by Crippen LogP contribution is 2.24. The van der Waals surface area contributed by atoms with Gasteiger partial charge >= 0.3 is 0 Å². The fourth-order valence-corrected chi connectivity index (χ4v) is 2.59. The van der Waals surface area contributed by atoms with E-state index in [4.69, 9.17) is 0 Å². The molecule has 1 aromatic carbocycles. The van der Waals surface area contributed by atoms with Crippen molar-refractivity contribution in [2.24, 2.45) is 0 Å². The molecule has 18 heavy (non-hydrogen) atoms. The van der Waals surface area contributed by atoms with Gasteiger partial charge < -0.3 is 15.1 Å². The lowest BCUT2D eigenvalue weighted by molar-refractivity contribution is 0.263. The Morgan fingerprint density at radius 2 is 1.94 bits per heavy atom. The summed E-state index contributed by atoms with van der Waals surface area (Å²) in [6, 6.07) is 8.84. The Kier molecular flexibility index (Phi) is 4.75. The van der Waals surface area contributed by atoms with Gasteiger partial charge in [0.05, 0.1) is 0 Å². The maximum absolute atomic E-state index is 3.52. The van der Waals surface area contributed by atoms with Crippen molar-refractivity contribution in [3.63, 3.8) is 0 Å². The first-order chi connectivity index (χ1) is 8.66. The summed E-state index contributed by atoms with van der Waals surface area (Å²) in [6.45, 7) is 5.51. The number of fused-ring (bicyclic) bond motifs is 1. The number of likely N-dealkylation sites (N-methyl/N-ethyl adjacent to an activating group) is 2. The Hall–Kier alpha value is -0.900. The van der Waals surface area contributed by atoms with Crippen LogP contribution in [0.3, 0.4) is 0 Å². The zero-order chi connectivity index (χ0) is 13.0. The molecule has 1 atom stereocenters. The summed E-state index contributed by atoms with van der Waals surface area (Å²) in [7, 11) is 6.48. The molecule has 1 heterocycles. The van der Waals surface area contributed by atoms with E-state index in [9.17, 15) is 0 Å². The molecular formula is C15H25N3. The van der Waals surface area contributed by atoms with Crippen molar-refractivity contribution < 1.29 is 0 Å². The maximum Gasteiger partial charge on any atom is 0.0208 e. The van der Waals surface area contributed by atoms with Gasteiger partial charge in [0.2, 0.25) is 0 Å². The molecule has 1 aliphatic rings. The molecular weight excluding hydrogens is 222 g/mol. The van der Waals surface area contributed by atoms with Gasteiger partial charge in [0.15, 0.2) is 0 Å². The summed E-state index contributed by atoms with van der Waals surface area (Å²) in [4.78, 5) is 4.68. The molecule has 3 nitrogen and oxygen atoms in total. The second-order valence-corrected chi connectivity index (χ2v) is 5.59. The Morgan fingerprint density at radius 3 is 2.72 bits per heavy atom. The second kappa shape index (κ2) is 6.32. The van der Waals surface area contributed by atoms with Crippen molar-refractivity contribution in [2.45, 2.75) is 12.5 Å². The molecule has 0 saturated heterocycles. The topological polar surface area (TPSA) is 18.5 Å². The van der Waals surface area contributed by atoms with E-state index < -0.39 is 0 Å². The third-order valence-electron chi connectivity index (χ3n) is 3.66. The first-order valence-corrected chi connectivity index (χ1v) is 6.78. The van der Waals surface area contributed by atoms with E-state index in [-0.39, 0.29) is 0 Å². The predicted molar refractivity (Wildman–Crippen MR) is 76.9 cm³/mol. The Labute approximate surface area is 111 Å². The van der Waals surface area contributed by atoms with Gasteiger partial charge in [0, 0.05) is 38.6 Å². The molecule has 3 heteroatoms. The van der Waals surface area contributed by atoms with Crippen LogP contribution in [0.25, 0.3) is 0 Å².